The molecular formula is C16H21ClN2O4S. The number of morpholine rings is 1. The number of aliphatic carboxylic acids is 1. The summed E-state index contributed by atoms with van der Waals surface area (Å²) in [5.41, 5.74) is 0. The van der Waals surface area contributed by atoms with Gasteiger partial charge in [-0.15, -0.1) is 11.8 Å². The number of hydrogen-bond acceptors (Lipinski definition) is 5. The maximum atomic E-state index is 12.4. The standard InChI is InChI=1S/C16H21ClN2O4S/c1-18(10-16(21)22)8-12-9-19(6-7-23-12)15(20)11-24-14-5-3-2-4-13(14)17/h2-5,12H,6-11H2,1H3,(H,21,22). The molecule has 0 saturated carbocycles. The number of hydrogen-bond donors (Lipinski definition) is 1. The molecule has 1 aliphatic rings. The predicted octanol–water partition coefficient (Wildman–Crippen LogP) is 1.68. The van der Waals surface area contributed by atoms with Crippen molar-refractivity contribution in [3.63, 3.8) is 0 Å². The minimum atomic E-state index is -0.877. The molecule has 132 valence electrons. The van der Waals surface area contributed by atoms with E-state index in [0.29, 0.717) is 37.0 Å². The van der Waals surface area contributed by atoms with Crippen LogP contribution in [0.5, 0.6) is 0 Å². The molecule has 1 fully saturated rings. The summed E-state index contributed by atoms with van der Waals surface area (Å²) in [5, 5.41) is 9.44. The van der Waals surface area contributed by atoms with Crippen LogP contribution in [0.3, 0.4) is 0 Å². The lowest BCUT2D eigenvalue weighted by Crippen LogP contribution is -2.50. The Morgan fingerprint density at radius 1 is 1.46 bits per heavy atom. The van der Waals surface area contributed by atoms with E-state index in [2.05, 4.69) is 0 Å². The van der Waals surface area contributed by atoms with Crippen molar-refractivity contribution in [1.82, 2.24) is 9.80 Å². The van der Waals surface area contributed by atoms with E-state index >= 15 is 0 Å². The molecule has 1 amide bonds. The maximum absolute atomic E-state index is 12.4. The molecule has 1 saturated heterocycles. The quantitative estimate of drug-likeness (QED) is 0.734. The van der Waals surface area contributed by atoms with Crippen LogP contribution in [-0.4, -0.2) is 78.5 Å². The van der Waals surface area contributed by atoms with Gasteiger partial charge in [-0.1, -0.05) is 23.7 Å². The molecule has 0 aliphatic carbocycles. The van der Waals surface area contributed by atoms with E-state index in [1.54, 1.807) is 22.9 Å². The van der Waals surface area contributed by atoms with Crippen molar-refractivity contribution in [1.29, 1.82) is 0 Å². The summed E-state index contributed by atoms with van der Waals surface area (Å²) >= 11 is 7.52. The predicted molar refractivity (Wildman–Crippen MR) is 93.6 cm³/mol. The number of ether oxygens (including phenoxy) is 1. The third-order valence-electron chi connectivity index (χ3n) is 3.60. The van der Waals surface area contributed by atoms with Gasteiger partial charge < -0.3 is 14.7 Å². The first kappa shape index (κ1) is 19.1. The lowest BCUT2D eigenvalue weighted by atomic mass is 10.2. The molecule has 1 aliphatic heterocycles. The van der Waals surface area contributed by atoms with Crippen LogP contribution in [0.2, 0.25) is 5.02 Å². The highest BCUT2D eigenvalue weighted by Gasteiger charge is 2.25. The molecule has 0 bridgehead atoms. The fourth-order valence-corrected chi connectivity index (χ4v) is 3.63. The number of benzene rings is 1. The van der Waals surface area contributed by atoms with Crippen molar-refractivity contribution in [2.75, 3.05) is 45.6 Å². The van der Waals surface area contributed by atoms with Crippen LogP contribution in [0.15, 0.2) is 29.2 Å². The number of carboxylic acids is 1. The first-order valence-electron chi connectivity index (χ1n) is 7.62. The van der Waals surface area contributed by atoms with Crippen molar-refractivity contribution in [2.45, 2.75) is 11.0 Å². The van der Waals surface area contributed by atoms with Gasteiger partial charge >= 0.3 is 5.97 Å². The van der Waals surface area contributed by atoms with E-state index < -0.39 is 5.97 Å². The third kappa shape index (κ3) is 5.98. The fourth-order valence-electron chi connectivity index (χ4n) is 2.49. The largest absolute Gasteiger partial charge is 0.480 e. The molecule has 24 heavy (non-hydrogen) atoms. The van der Waals surface area contributed by atoms with Gasteiger partial charge in [0.05, 0.1) is 30.0 Å². The fraction of sp³-hybridized carbons (Fsp3) is 0.500. The zero-order valence-electron chi connectivity index (χ0n) is 13.5. The van der Waals surface area contributed by atoms with E-state index in [-0.39, 0.29) is 18.6 Å². The van der Waals surface area contributed by atoms with Crippen LogP contribution >= 0.6 is 23.4 Å². The first-order chi connectivity index (χ1) is 11.5. The SMILES string of the molecule is CN(CC(=O)O)CC1CN(C(=O)CSc2ccccc2Cl)CCO1. The molecular weight excluding hydrogens is 352 g/mol. The van der Waals surface area contributed by atoms with Crippen LogP contribution < -0.4 is 0 Å². The number of amides is 1. The molecule has 8 heteroatoms. The zero-order chi connectivity index (χ0) is 17.5. The van der Waals surface area contributed by atoms with Crippen molar-refractivity contribution >= 4 is 35.2 Å². The van der Waals surface area contributed by atoms with Crippen LogP contribution in [-0.2, 0) is 14.3 Å². The summed E-state index contributed by atoms with van der Waals surface area (Å²) in [4.78, 5) is 27.4. The highest BCUT2D eigenvalue weighted by molar-refractivity contribution is 8.00. The second kappa shape index (κ2) is 9.27. The van der Waals surface area contributed by atoms with E-state index in [4.69, 9.17) is 21.4 Å². The van der Waals surface area contributed by atoms with E-state index in [1.807, 2.05) is 18.2 Å². The average molecular weight is 373 g/mol. The summed E-state index contributed by atoms with van der Waals surface area (Å²) in [6.45, 7) is 1.94. The van der Waals surface area contributed by atoms with Gasteiger partial charge in [0.1, 0.15) is 0 Å². The van der Waals surface area contributed by atoms with Crippen molar-refractivity contribution in [2.24, 2.45) is 0 Å². The van der Waals surface area contributed by atoms with Gasteiger partial charge in [-0.05, 0) is 19.2 Å². The number of thioether (sulfide) groups is 1. The molecule has 1 heterocycles. The molecule has 1 atom stereocenters. The Kier molecular flexibility index (Phi) is 7.36. The van der Waals surface area contributed by atoms with Crippen molar-refractivity contribution in [3.8, 4) is 0 Å². The highest BCUT2D eigenvalue weighted by atomic mass is 35.5. The molecule has 0 radical (unpaired) electrons. The van der Waals surface area contributed by atoms with Gasteiger partial charge in [-0.3, -0.25) is 14.5 Å². The zero-order valence-corrected chi connectivity index (χ0v) is 15.1. The Morgan fingerprint density at radius 2 is 2.21 bits per heavy atom. The molecule has 0 aromatic heterocycles. The molecule has 1 aromatic carbocycles. The summed E-state index contributed by atoms with van der Waals surface area (Å²) < 4.78 is 5.64. The van der Waals surface area contributed by atoms with Gasteiger partial charge in [-0.2, -0.15) is 0 Å². The number of carbonyl (C=O) groups excluding carboxylic acids is 1. The van der Waals surface area contributed by atoms with Crippen LogP contribution in [0.25, 0.3) is 0 Å². The Balaban J connectivity index is 1.81. The molecule has 6 nitrogen and oxygen atoms in total. The lowest BCUT2D eigenvalue weighted by Gasteiger charge is -2.34. The second-order valence-corrected chi connectivity index (χ2v) is 7.07. The number of nitrogens with zero attached hydrogens (tertiary/aromatic N) is 2. The summed E-state index contributed by atoms with van der Waals surface area (Å²) in [7, 11) is 1.73. The minimum absolute atomic E-state index is 0.0362. The number of likely N-dealkylation sites (N-methyl/N-ethyl adjacent to an activating group) is 1. The van der Waals surface area contributed by atoms with Crippen LogP contribution in [0.1, 0.15) is 0 Å². The van der Waals surface area contributed by atoms with Gasteiger partial charge in [0.15, 0.2) is 0 Å². The minimum Gasteiger partial charge on any atom is -0.480 e. The van der Waals surface area contributed by atoms with Gasteiger partial charge in [0, 0.05) is 24.5 Å². The topological polar surface area (TPSA) is 70.1 Å². The average Bonchev–Trinajstić information content (AvgIpc) is 2.53. The number of carboxylic acid groups (broad SMARTS) is 1. The van der Waals surface area contributed by atoms with Crippen molar-refractivity contribution in [3.05, 3.63) is 29.3 Å². The van der Waals surface area contributed by atoms with Gasteiger partial charge in [0.2, 0.25) is 5.91 Å². The smallest absolute Gasteiger partial charge is 0.317 e. The summed E-state index contributed by atoms with van der Waals surface area (Å²) in [6.07, 6.45) is -0.169. The molecule has 0 spiro atoms. The normalized spacial score (nSPS) is 18.0. The summed E-state index contributed by atoms with van der Waals surface area (Å²) in [6, 6.07) is 7.44. The second-order valence-electron chi connectivity index (χ2n) is 5.64. The molecule has 1 N–H and O–H groups in total. The molecule has 2 rings (SSSR count). The first-order valence-corrected chi connectivity index (χ1v) is 8.99. The Labute approximate surface area is 150 Å². The Hall–Kier alpha value is -1.28. The monoisotopic (exact) mass is 372 g/mol. The third-order valence-corrected chi connectivity index (χ3v) is 5.10. The van der Waals surface area contributed by atoms with Crippen LogP contribution in [0, 0.1) is 0 Å². The summed E-state index contributed by atoms with van der Waals surface area (Å²) in [5.74, 6) is -0.520. The van der Waals surface area contributed by atoms with Crippen LogP contribution in [0.4, 0.5) is 0 Å². The van der Waals surface area contributed by atoms with Gasteiger partial charge in [0.25, 0.3) is 0 Å². The number of halogens is 1. The molecule has 1 aromatic rings. The van der Waals surface area contributed by atoms with E-state index in [9.17, 15) is 9.59 Å². The van der Waals surface area contributed by atoms with E-state index in [1.165, 1.54) is 11.8 Å². The number of rotatable bonds is 7. The molecule has 1 unspecified atom stereocenters. The maximum Gasteiger partial charge on any atom is 0.317 e. The lowest BCUT2D eigenvalue weighted by molar-refractivity contribution is -0.141. The Morgan fingerprint density at radius 3 is 2.92 bits per heavy atom. The Bertz CT molecular complexity index is 587. The van der Waals surface area contributed by atoms with E-state index in [0.717, 1.165) is 4.90 Å². The van der Waals surface area contributed by atoms with Gasteiger partial charge in [-0.25, -0.2) is 0 Å². The van der Waals surface area contributed by atoms with Crippen molar-refractivity contribution < 1.29 is 19.4 Å². The highest BCUT2D eigenvalue weighted by Crippen LogP contribution is 2.26. The number of carbonyl (C=O) groups is 2.